The number of carbonyl (C=O) groups excluding carboxylic acids is 7. The fourth-order valence-corrected chi connectivity index (χ4v) is 8.02. The van der Waals surface area contributed by atoms with Crippen molar-refractivity contribution >= 4 is 41.4 Å². The van der Waals surface area contributed by atoms with Gasteiger partial charge in [0.05, 0.1) is 51.0 Å². The number of nitrogens with zero attached hydrogens (tertiary/aromatic N) is 1. The summed E-state index contributed by atoms with van der Waals surface area (Å²) in [5, 5.41) is 54.5. The van der Waals surface area contributed by atoms with E-state index in [9.17, 15) is 54.0 Å². The van der Waals surface area contributed by atoms with E-state index in [1.807, 2.05) is 6.92 Å². The third-order valence-electron chi connectivity index (χ3n) is 12.3. The van der Waals surface area contributed by atoms with Gasteiger partial charge in [-0.25, -0.2) is 0 Å². The number of benzene rings is 1. The van der Waals surface area contributed by atoms with Crippen molar-refractivity contribution in [1.82, 2.24) is 31.5 Å². The van der Waals surface area contributed by atoms with E-state index in [4.69, 9.17) is 10.5 Å². The molecule has 11 N–H and O–H groups in total. The smallest absolute Gasteiger partial charge is 0.255 e. The molecular weight excluding hydrogens is 855 g/mol. The Hall–Kier alpha value is -5.01. The van der Waals surface area contributed by atoms with E-state index >= 15 is 0 Å². The predicted octanol–water partition coefficient (Wildman–Crippen LogP) is 2.25. The fraction of sp³-hybridized carbons (Fsp3) is 0.723. The number of unbranched alkanes of at least 4 members (excludes halogenated alkanes) is 10. The highest BCUT2D eigenvalue weighted by Gasteiger charge is 2.41. The number of hydrogen-bond acceptors (Lipinski definition) is 12. The number of primary amides is 1. The Morgan fingerprint density at radius 3 is 1.80 bits per heavy atom. The number of phenolic OH excluding ortho intramolecular Hbond substituents is 1. The quantitative estimate of drug-likeness (QED) is 0.0454. The molecule has 8 atom stereocenters. The van der Waals surface area contributed by atoms with E-state index in [2.05, 4.69) is 33.5 Å². The fourth-order valence-electron chi connectivity index (χ4n) is 8.02. The number of phenols is 1. The minimum absolute atomic E-state index is 0.0668. The normalized spacial score (nSPS) is 15.8. The van der Waals surface area contributed by atoms with E-state index in [0.29, 0.717) is 30.4 Å². The molecule has 8 unspecified atom stereocenters. The van der Waals surface area contributed by atoms with Crippen molar-refractivity contribution in [2.75, 3.05) is 20.3 Å². The molecule has 1 aromatic carbocycles. The molecule has 1 aliphatic rings. The van der Waals surface area contributed by atoms with E-state index in [1.165, 1.54) is 39.4 Å². The minimum Gasteiger partial charge on any atom is -0.508 e. The molecule has 0 aromatic heterocycles. The van der Waals surface area contributed by atoms with Crippen LogP contribution in [0, 0.1) is 12.8 Å². The highest BCUT2D eigenvalue weighted by atomic mass is 16.5. The van der Waals surface area contributed by atoms with Gasteiger partial charge >= 0.3 is 0 Å². The minimum atomic E-state index is -1.67. The summed E-state index contributed by atoms with van der Waals surface area (Å²) in [6, 6.07) is -6.52. The van der Waals surface area contributed by atoms with Gasteiger partial charge in [-0.3, -0.25) is 33.6 Å². The topological polar surface area (TPSA) is 299 Å². The zero-order valence-electron chi connectivity index (χ0n) is 40.2. The van der Waals surface area contributed by atoms with Gasteiger partial charge in [-0.15, -0.1) is 0 Å². The van der Waals surface area contributed by atoms with E-state index < -0.39 is 103 Å². The zero-order chi connectivity index (χ0) is 49.5. The molecule has 7 amide bonds. The maximum absolute atomic E-state index is 14.1. The second-order valence-corrected chi connectivity index (χ2v) is 17.6. The summed E-state index contributed by atoms with van der Waals surface area (Å²) in [5.74, 6) is -6.28. The van der Waals surface area contributed by atoms with Crippen molar-refractivity contribution in [3.8, 4) is 11.5 Å². The lowest BCUT2D eigenvalue weighted by atomic mass is 9.96. The van der Waals surface area contributed by atoms with Crippen LogP contribution in [0.15, 0.2) is 6.07 Å². The van der Waals surface area contributed by atoms with Gasteiger partial charge in [-0.1, -0.05) is 111 Å². The molecule has 0 saturated heterocycles. The first-order chi connectivity index (χ1) is 31.4. The van der Waals surface area contributed by atoms with Gasteiger partial charge in [0.1, 0.15) is 41.7 Å². The third-order valence-corrected chi connectivity index (χ3v) is 12.3. The Morgan fingerprint density at radius 2 is 1.26 bits per heavy atom. The van der Waals surface area contributed by atoms with Crippen molar-refractivity contribution in [3.05, 3.63) is 22.8 Å². The first-order valence-electron chi connectivity index (χ1n) is 23.8. The van der Waals surface area contributed by atoms with E-state index in [1.54, 1.807) is 20.8 Å². The second-order valence-electron chi connectivity index (χ2n) is 17.6. The van der Waals surface area contributed by atoms with Crippen LogP contribution < -0.4 is 37.1 Å². The molecule has 66 heavy (non-hydrogen) atoms. The number of aliphatic hydroxyl groups excluding tert-OH is 3. The number of nitrogens with two attached hydrogens (primary N) is 1. The SMILES string of the molecule is CCCCCCCCCCC(CO)NC(=O)C(CC(N)=O)NC(=O)C(CCCCCC)NC(=O)C(NC(=O)C(NC(=O)C(CO)N1Cc2c(cc(O)c(C)c2OC)C1=O)C(C)O)C(C)CC. The van der Waals surface area contributed by atoms with Crippen molar-refractivity contribution in [1.29, 1.82) is 0 Å². The Bertz CT molecular complexity index is 1760. The van der Waals surface area contributed by atoms with Gasteiger partial charge in [-0.05, 0) is 38.7 Å². The van der Waals surface area contributed by atoms with Crippen molar-refractivity contribution in [2.24, 2.45) is 11.7 Å². The summed E-state index contributed by atoms with van der Waals surface area (Å²) in [6.45, 7) is 9.07. The van der Waals surface area contributed by atoms with Crippen LogP contribution in [-0.2, 0) is 35.3 Å². The lowest BCUT2D eigenvalue weighted by Gasteiger charge is -2.31. The Balaban J connectivity index is 2.26. The van der Waals surface area contributed by atoms with Crippen molar-refractivity contribution < 1.29 is 58.7 Å². The monoisotopic (exact) mass is 934 g/mol. The zero-order valence-corrected chi connectivity index (χ0v) is 40.2. The molecule has 2 rings (SSSR count). The lowest BCUT2D eigenvalue weighted by molar-refractivity contribution is -0.138. The molecule has 1 aliphatic heterocycles. The molecule has 19 heteroatoms. The largest absolute Gasteiger partial charge is 0.508 e. The summed E-state index contributed by atoms with van der Waals surface area (Å²) >= 11 is 0. The standard InChI is InChI=1S/C47H79N7O12/c1-8-11-13-15-16-17-18-19-21-31(26-55)49-43(61)35(24-38(48)59)51-42(60)34(22-20-14-12-9-2)50-45(63)39(28(4)10-3)52-46(64)40(30(6)57)53-44(62)36(27-56)54-25-33-32(47(54)65)23-37(58)29(5)41(33)66-7/h23,28,30-31,34-36,39-40,55-58H,8-22,24-27H2,1-7H3,(H2,48,59)(H,49,61)(H,50,63)(H,51,60)(H,52,64)(H,53,62). The summed E-state index contributed by atoms with van der Waals surface area (Å²) in [5.41, 5.74) is 6.32. The summed E-state index contributed by atoms with van der Waals surface area (Å²) in [4.78, 5) is 95.8. The van der Waals surface area contributed by atoms with Gasteiger partial charge < -0.3 is 62.4 Å². The van der Waals surface area contributed by atoms with Gasteiger partial charge in [0.25, 0.3) is 5.91 Å². The number of amides is 7. The van der Waals surface area contributed by atoms with Crippen molar-refractivity contribution in [2.45, 2.75) is 193 Å². The number of rotatable bonds is 33. The average molecular weight is 934 g/mol. The van der Waals surface area contributed by atoms with Crippen LogP contribution in [-0.4, -0.2) is 129 Å². The van der Waals surface area contributed by atoms with Crippen LogP contribution in [0.2, 0.25) is 0 Å². The molecule has 0 fully saturated rings. The number of carbonyl (C=O) groups is 7. The number of aliphatic hydroxyl groups is 3. The number of methoxy groups -OCH3 is 1. The predicted molar refractivity (Wildman–Crippen MR) is 248 cm³/mol. The van der Waals surface area contributed by atoms with Gasteiger partial charge in [0.15, 0.2) is 0 Å². The number of fused-ring (bicyclic) bond motifs is 1. The van der Waals surface area contributed by atoms with Crippen LogP contribution in [0.25, 0.3) is 0 Å². The molecule has 374 valence electrons. The average Bonchev–Trinajstić information content (AvgIpc) is 3.59. The maximum atomic E-state index is 14.1. The lowest BCUT2D eigenvalue weighted by Crippen LogP contribution is -2.62. The van der Waals surface area contributed by atoms with Crippen LogP contribution in [0.1, 0.15) is 159 Å². The molecule has 0 bridgehead atoms. The number of aromatic hydroxyl groups is 1. The Kier molecular flexibility index (Phi) is 25.6. The Morgan fingerprint density at radius 1 is 0.727 bits per heavy atom. The van der Waals surface area contributed by atoms with Crippen LogP contribution >= 0.6 is 0 Å². The molecule has 0 saturated carbocycles. The van der Waals surface area contributed by atoms with Gasteiger partial charge in [-0.2, -0.15) is 0 Å². The Labute approximate surface area is 390 Å². The number of ether oxygens (including phenoxy) is 1. The molecule has 0 spiro atoms. The molecule has 0 aliphatic carbocycles. The highest BCUT2D eigenvalue weighted by molar-refractivity contribution is 6.03. The molecule has 1 aromatic rings. The molecular formula is C47H79N7O12. The maximum Gasteiger partial charge on any atom is 0.255 e. The third kappa shape index (κ3) is 17.3. The van der Waals surface area contributed by atoms with Crippen molar-refractivity contribution in [3.63, 3.8) is 0 Å². The first-order valence-corrected chi connectivity index (χ1v) is 23.8. The van der Waals surface area contributed by atoms with E-state index in [-0.39, 0.29) is 36.6 Å². The molecule has 19 nitrogen and oxygen atoms in total. The van der Waals surface area contributed by atoms with Crippen LogP contribution in [0.5, 0.6) is 11.5 Å². The first kappa shape index (κ1) is 57.1. The molecule has 1 heterocycles. The molecule has 0 radical (unpaired) electrons. The van der Waals surface area contributed by atoms with E-state index in [0.717, 1.165) is 56.3 Å². The van der Waals surface area contributed by atoms with Gasteiger partial charge in [0.2, 0.25) is 35.4 Å². The van der Waals surface area contributed by atoms with Gasteiger partial charge in [0, 0.05) is 11.1 Å². The van der Waals surface area contributed by atoms with Crippen LogP contribution in [0.4, 0.5) is 0 Å². The summed E-state index contributed by atoms with van der Waals surface area (Å²) < 4.78 is 5.42. The van der Waals surface area contributed by atoms with Crippen LogP contribution in [0.3, 0.4) is 0 Å². The summed E-state index contributed by atoms with van der Waals surface area (Å²) in [7, 11) is 1.36. The second kappa shape index (κ2) is 29.6. The number of hydrogen-bond donors (Lipinski definition) is 10. The number of nitrogens with one attached hydrogen (secondary N) is 5. The highest BCUT2D eigenvalue weighted by Crippen LogP contribution is 2.39. The summed E-state index contributed by atoms with van der Waals surface area (Å²) in [6.07, 6.45) is 10.5.